The maximum absolute atomic E-state index is 13.0. The Morgan fingerprint density at radius 3 is 2.48 bits per heavy atom. The molecule has 0 aliphatic rings. The number of nitrogens with zero attached hydrogens (tertiary/aromatic N) is 2. The lowest BCUT2D eigenvalue weighted by Gasteiger charge is -2.21. The fourth-order valence-electron chi connectivity index (χ4n) is 2.94. The lowest BCUT2D eigenvalue weighted by molar-refractivity contribution is -0.140. The third-order valence-electron chi connectivity index (χ3n) is 4.43. The van der Waals surface area contributed by atoms with Gasteiger partial charge in [-0.05, 0) is 30.2 Å². The zero-order valence-corrected chi connectivity index (χ0v) is 17.8. The highest BCUT2D eigenvalue weighted by Crippen LogP contribution is 2.32. The Hall–Kier alpha value is -2.41. The zero-order chi connectivity index (χ0) is 21.0. The van der Waals surface area contributed by atoms with Crippen LogP contribution in [0.3, 0.4) is 0 Å². The Morgan fingerprint density at radius 2 is 1.83 bits per heavy atom. The van der Waals surface area contributed by atoms with Crippen LogP contribution in [-0.4, -0.2) is 29.0 Å². The highest BCUT2D eigenvalue weighted by Gasteiger charge is 2.27. The van der Waals surface area contributed by atoms with Crippen LogP contribution in [0.15, 0.2) is 53.9 Å². The molecule has 29 heavy (non-hydrogen) atoms. The molecule has 0 bridgehead atoms. The van der Waals surface area contributed by atoms with Crippen molar-refractivity contribution in [3.05, 3.63) is 69.5 Å². The highest BCUT2D eigenvalue weighted by atomic mass is 35.5. The van der Waals surface area contributed by atoms with E-state index >= 15 is 0 Å². The monoisotopic (exact) mass is 448 g/mol. The number of anilines is 1. The minimum Gasteiger partial charge on any atom is -0.481 e. The Labute approximate surface area is 182 Å². The van der Waals surface area contributed by atoms with Crippen LogP contribution in [0, 0.1) is 5.92 Å². The summed E-state index contributed by atoms with van der Waals surface area (Å²) < 4.78 is 0. The van der Waals surface area contributed by atoms with Crippen LogP contribution in [0.1, 0.15) is 12.0 Å². The van der Waals surface area contributed by atoms with Crippen LogP contribution in [0.4, 0.5) is 5.13 Å². The average molecular weight is 449 g/mol. The molecule has 0 fully saturated rings. The van der Waals surface area contributed by atoms with Crippen molar-refractivity contribution in [2.24, 2.45) is 5.92 Å². The number of hydrogen-bond donors (Lipinski definition) is 1. The summed E-state index contributed by atoms with van der Waals surface area (Å²) in [6.07, 6.45) is 0.0317. The van der Waals surface area contributed by atoms with Gasteiger partial charge < -0.3 is 5.11 Å². The van der Waals surface area contributed by atoms with Gasteiger partial charge >= 0.3 is 5.97 Å². The topological polar surface area (TPSA) is 70.5 Å². The summed E-state index contributed by atoms with van der Waals surface area (Å²) >= 11 is 13.4. The summed E-state index contributed by atoms with van der Waals surface area (Å²) in [5, 5.41) is 12.7. The Balaban J connectivity index is 1.81. The molecule has 0 saturated heterocycles. The number of rotatable bonds is 7. The fourth-order valence-corrected chi connectivity index (χ4v) is 4.10. The molecule has 2 aromatic carbocycles. The van der Waals surface area contributed by atoms with Crippen LogP contribution in [0.2, 0.25) is 10.0 Å². The summed E-state index contributed by atoms with van der Waals surface area (Å²) in [5.74, 6) is -2.05. The fraction of sp³-hybridized carbons (Fsp3) is 0.190. The molecular formula is C21H18Cl2N2O3S. The van der Waals surface area contributed by atoms with Gasteiger partial charge in [0.25, 0.3) is 0 Å². The van der Waals surface area contributed by atoms with Crippen molar-refractivity contribution in [2.75, 3.05) is 11.9 Å². The van der Waals surface area contributed by atoms with Crippen molar-refractivity contribution in [1.29, 1.82) is 0 Å². The second kappa shape index (κ2) is 9.39. The molecule has 0 aliphatic carbocycles. The van der Waals surface area contributed by atoms with E-state index in [2.05, 4.69) is 4.98 Å². The molecule has 150 valence electrons. The Kier molecular flexibility index (Phi) is 6.90. The van der Waals surface area contributed by atoms with Crippen molar-refractivity contribution in [2.45, 2.75) is 12.8 Å². The number of carboxylic acids is 1. The number of carbonyl (C=O) groups excluding carboxylic acids is 1. The summed E-state index contributed by atoms with van der Waals surface area (Å²) in [4.78, 5) is 30.3. The van der Waals surface area contributed by atoms with Crippen LogP contribution < -0.4 is 4.90 Å². The third-order valence-corrected chi connectivity index (χ3v) is 5.92. The van der Waals surface area contributed by atoms with Gasteiger partial charge in [0.05, 0.1) is 18.0 Å². The third kappa shape index (κ3) is 5.35. The van der Waals surface area contributed by atoms with E-state index in [0.717, 1.165) is 11.1 Å². The van der Waals surface area contributed by atoms with Gasteiger partial charge in [-0.3, -0.25) is 14.5 Å². The molecule has 1 amide bonds. The molecule has 1 aromatic heterocycles. The number of hydrogen-bond acceptors (Lipinski definition) is 4. The van der Waals surface area contributed by atoms with E-state index in [-0.39, 0.29) is 12.3 Å². The summed E-state index contributed by atoms with van der Waals surface area (Å²) in [5.41, 5.74) is 2.29. The van der Waals surface area contributed by atoms with Gasteiger partial charge in [0.1, 0.15) is 0 Å². The SMILES string of the molecule is CN(C(=O)C(CC(=O)O)Cc1ccc(Cl)cc1)c1nc(-c2ccccc2Cl)cs1. The summed E-state index contributed by atoms with van der Waals surface area (Å²) in [6, 6.07) is 14.4. The van der Waals surface area contributed by atoms with Crippen molar-refractivity contribution >= 4 is 51.5 Å². The standard InChI is InChI=1S/C21H18Cl2N2O3S/c1-25(21-24-18(12-29-21)16-4-2-3-5-17(16)23)20(28)14(11-19(26)27)10-13-6-8-15(22)9-7-13/h2-9,12,14H,10-11H2,1H3,(H,26,27). The highest BCUT2D eigenvalue weighted by molar-refractivity contribution is 7.14. The molecule has 0 spiro atoms. The number of aliphatic carboxylic acids is 1. The molecule has 0 saturated carbocycles. The second-order valence-corrected chi connectivity index (χ2v) is 8.20. The number of amides is 1. The first-order valence-electron chi connectivity index (χ1n) is 8.79. The van der Waals surface area contributed by atoms with E-state index in [1.807, 2.05) is 23.6 Å². The average Bonchev–Trinajstić information content (AvgIpc) is 3.18. The Morgan fingerprint density at radius 1 is 1.14 bits per heavy atom. The smallest absolute Gasteiger partial charge is 0.304 e. The molecule has 1 atom stereocenters. The molecule has 1 unspecified atom stereocenters. The van der Waals surface area contributed by atoms with E-state index in [0.29, 0.717) is 27.3 Å². The quantitative estimate of drug-likeness (QED) is 0.524. The van der Waals surface area contributed by atoms with Gasteiger partial charge in [-0.2, -0.15) is 0 Å². The van der Waals surface area contributed by atoms with Crippen LogP contribution in [0.25, 0.3) is 11.3 Å². The van der Waals surface area contributed by atoms with Crippen molar-refractivity contribution in [3.63, 3.8) is 0 Å². The van der Waals surface area contributed by atoms with Gasteiger partial charge in [0.15, 0.2) is 5.13 Å². The minimum atomic E-state index is -1.03. The van der Waals surface area contributed by atoms with Crippen LogP contribution >= 0.6 is 34.5 Å². The number of halogens is 2. The van der Waals surface area contributed by atoms with Crippen molar-refractivity contribution < 1.29 is 14.7 Å². The first-order valence-corrected chi connectivity index (χ1v) is 10.4. The normalized spacial score (nSPS) is 11.8. The van der Waals surface area contributed by atoms with E-state index in [1.54, 1.807) is 37.4 Å². The molecule has 8 heteroatoms. The van der Waals surface area contributed by atoms with Crippen molar-refractivity contribution in [1.82, 2.24) is 4.98 Å². The van der Waals surface area contributed by atoms with Gasteiger partial charge in [-0.15, -0.1) is 11.3 Å². The lowest BCUT2D eigenvalue weighted by atomic mass is 9.95. The number of carbonyl (C=O) groups is 2. The molecule has 5 nitrogen and oxygen atoms in total. The van der Waals surface area contributed by atoms with E-state index in [1.165, 1.54) is 16.2 Å². The second-order valence-electron chi connectivity index (χ2n) is 6.52. The van der Waals surface area contributed by atoms with Gasteiger partial charge in [-0.25, -0.2) is 4.98 Å². The molecule has 1 heterocycles. The van der Waals surface area contributed by atoms with Gasteiger partial charge in [-0.1, -0.05) is 53.5 Å². The van der Waals surface area contributed by atoms with E-state index in [4.69, 9.17) is 23.2 Å². The lowest BCUT2D eigenvalue weighted by Crippen LogP contribution is -2.35. The number of aromatic nitrogens is 1. The molecule has 1 N–H and O–H groups in total. The molecule has 3 aromatic rings. The minimum absolute atomic E-state index is 0.269. The van der Waals surface area contributed by atoms with Gasteiger partial charge in [0.2, 0.25) is 5.91 Å². The van der Waals surface area contributed by atoms with E-state index < -0.39 is 11.9 Å². The predicted molar refractivity (Wildman–Crippen MR) is 117 cm³/mol. The van der Waals surface area contributed by atoms with Gasteiger partial charge in [0, 0.05) is 28.0 Å². The number of thiazole rings is 1. The first-order chi connectivity index (χ1) is 13.8. The van der Waals surface area contributed by atoms with E-state index in [9.17, 15) is 14.7 Å². The number of benzene rings is 2. The maximum atomic E-state index is 13.0. The summed E-state index contributed by atoms with van der Waals surface area (Å²) in [7, 11) is 1.61. The zero-order valence-electron chi connectivity index (χ0n) is 15.5. The largest absolute Gasteiger partial charge is 0.481 e. The molecular weight excluding hydrogens is 431 g/mol. The first kappa shape index (κ1) is 21.3. The molecule has 0 radical (unpaired) electrons. The predicted octanol–water partition coefficient (Wildman–Crippen LogP) is 5.41. The maximum Gasteiger partial charge on any atom is 0.304 e. The molecule has 0 aliphatic heterocycles. The number of carboxylic acid groups (broad SMARTS) is 1. The van der Waals surface area contributed by atoms with Crippen LogP contribution in [0.5, 0.6) is 0 Å². The Bertz CT molecular complexity index is 1020. The van der Waals surface area contributed by atoms with Crippen molar-refractivity contribution in [3.8, 4) is 11.3 Å². The molecule has 3 rings (SSSR count). The summed E-state index contributed by atoms with van der Waals surface area (Å²) in [6.45, 7) is 0. The van der Waals surface area contributed by atoms with Crippen LogP contribution in [-0.2, 0) is 16.0 Å².